The van der Waals surface area contributed by atoms with Gasteiger partial charge in [0.2, 0.25) is 0 Å². The first-order chi connectivity index (χ1) is 15.3. The molecule has 3 rings (SSSR count). The fraction of sp³-hybridized carbons (Fsp3) is 0.208. The number of rotatable bonds is 8. The summed E-state index contributed by atoms with van der Waals surface area (Å²) in [5.41, 5.74) is 2.77. The van der Waals surface area contributed by atoms with E-state index in [1.165, 1.54) is 20.3 Å². The second-order valence-corrected chi connectivity index (χ2v) is 7.56. The Morgan fingerprint density at radius 1 is 1.03 bits per heavy atom. The molecule has 1 aromatic heterocycles. The molecule has 2 N–H and O–H groups in total. The van der Waals surface area contributed by atoms with E-state index < -0.39 is 17.9 Å². The average Bonchev–Trinajstić information content (AvgIpc) is 2.78. The van der Waals surface area contributed by atoms with Gasteiger partial charge in [0, 0.05) is 10.6 Å². The highest BCUT2D eigenvalue weighted by Gasteiger charge is 2.22. The molecular weight excluding hydrogens is 432 g/mol. The molecule has 1 heterocycles. The van der Waals surface area contributed by atoms with E-state index in [0.717, 1.165) is 5.56 Å². The molecule has 1 amide bonds. The molecule has 1 atom stereocenters. The predicted molar refractivity (Wildman–Crippen MR) is 121 cm³/mol. The van der Waals surface area contributed by atoms with Crippen molar-refractivity contribution < 1.29 is 24.2 Å². The Morgan fingerprint density at radius 2 is 1.69 bits per heavy atom. The number of carboxylic acids is 1. The van der Waals surface area contributed by atoms with Gasteiger partial charge in [0.25, 0.3) is 5.91 Å². The Balaban J connectivity index is 1.97. The smallest absolute Gasteiger partial charge is 0.305 e. The van der Waals surface area contributed by atoms with E-state index in [1.807, 2.05) is 19.1 Å². The normalized spacial score (nSPS) is 11.5. The van der Waals surface area contributed by atoms with Gasteiger partial charge in [-0.3, -0.25) is 9.59 Å². The van der Waals surface area contributed by atoms with E-state index >= 15 is 0 Å². The minimum absolute atomic E-state index is 0.102. The first-order valence-corrected chi connectivity index (χ1v) is 10.2. The molecule has 3 aromatic rings. The molecule has 166 valence electrons. The van der Waals surface area contributed by atoms with Gasteiger partial charge in [-0.1, -0.05) is 41.4 Å². The molecule has 0 spiro atoms. The van der Waals surface area contributed by atoms with E-state index in [1.54, 1.807) is 36.4 Å². The van der Waals surface area contributed by atoms with Crippen molar-refractivity contribution in [3.63, 3.8) is 0 Å². The molecule has 0 fully saturated rings. The Labute approximate surface area is 191 Å². The number of carboxylic acid groups (broad SMARTS) is 1. The number of methoxy groups -OCH3 is 2. The third-order valence-corrected chi connectivity index (χ3v) is 5.13. The van der Waals surface area contributed by atoms with Crippen LogP contribution in [-0.4, -0.2) is 36.2 Å². The number of nitrogens with zero attached hydrogens (tertiary/aromatic N) is 1. The summed E-state index contributed by atoms with van der Waals surface area (Å²) in [5.74, 6) is -0.589. The van der Waals surface area contributed by atoms with Crippen LogP contribution in [0.15, 0.2) is 54.6 Å². The number of aromatic nitrogens is 1. The number of aryl methyl sites for hydroxylation is 1. The second-order valence-electron chi connectivity index (χ2n) is 7.13. The molecule has 1 unspecified atom stereocenters. The van der Waals surface area contributed by atoms with Gasteiger partial charge in [-0.05, 0) is 42.8 Å². The molecule has 32 heavy (non-hydrogen) atoms. The van der Waals surface area contributed by atoms with Crippen molar-refractivity contribution in [2.24, 2.45) is 0 Å². The summed E-state index contributed by atoms with van der Waals surface area (Å²) in [6, 6.07) is 14.8. The summed E-state index contributed by atoms with van der Waals surface area (Å²) in [7, 11) is 3.02. The van der Waals surface area contributed by atoms with Gasteiger partial charge in [0.1, 0.15) is 22.9 Å². The number of pyridine rings is 1. The van der Waals surface area contributed by atoms with Crippen LogP contribution < -0.4 is 14.8 Å². The topological polar surface area (TPSA) is 97.8 Å². The molecular formula is C24H23ClN2O5. The van der Waals surface area contributed by atoms with Crippen molar-refractivity contribution in [3.8, 4) is 22.8 Å². The van der Waals surface area contributed by atoms with Gasteiger partial charge >= 0.3 is 5.97 Å². The number of hydrogen-bond donors (Lipinski definition) is 2. The van der Waals surface area contributed by atoms with Crippen LogP contribution in [0.5, 0.6) is 11.5 Å². The van der Waals surface area contributed by atoms with E-state index in [9.17, 15) is 14.7 Å². The minimum atomic E-state index is -1.03. The Bertz CT molecular complexity index is 1130. The number of ether oxygens (including phenoxy) is 2. The van der Waals surface area contributed by atoms with Gasteiger partial charge < -0.3 is 19.9 Å². The third-order valence-electron chi connectivity index (χ3n) is 4.89. The number of benzene rings is 2. The maximum absolute atomic E-state index is 13.0. The average molecular weight is 455 g/mol. The molecule has 0 radical (unpaired) electrons. The fourth-order valence-corrected chi connectivity index (χ4v) is 3.43. The Hall–Kier alpha value is -3.58. The molecule has 0 aliphatic carbocycles. The van der Waals surface area contributed by atoms with Gasteiger partial charge in [-0.25, -0.2) is 4.98 Å². The van der Waals surface area contributed by atoms with E-state index in [4.69, 9.17) is 21.1 Å². The van der Waals surface area contributed by atoms with Crippen molar-refractivity contribution in [2.75, 3.05) is 14.2 Å². The maximum atomic E-state index is 13.0. The number of nitrogens with one attached hydrogen (secondary N) is 1. The lowest BCUT2D eigenvalue weighted by Crippen LogP contribution is -2.31. The van der Waals surface area contributed by atoms with Crippen molar-refractivity contribution in [2.45, 2.75) is 19.4 Å². The summed E-state index contributed by atoms with van der Waals surface area (Å²) >= 11 is 6.16. The lowest BCUT2D eigenvalue weighted by atomic mass is 10.0. The molecule has 0 bridgehead atoms. The minimum Gasteiger partial charge on any atom is -0.496 e. The van der Waals surface area contributed by atoms with Gasteiger partial charge in [-0.15, -0.1) is 0 Å². The maximum Gasteiger partial charge on any atom is 0.305 e. The molecule has 8 heteroatoms. The predicted octanol–water partition coefficient (Wildman–Crippen LogP) is 4.67. The first kappa shape index (κ1) is 23.1. The summed E-state index contributed by atoms with van der Waals surface area (Å²) < 4.78 is 10.8. The van der Waals surface area contributed by atoms with Gasteiger partial charge in [-0.2, -0.15) is 0 Å². The van der Waals surface area contributed by atoms with E-state index in [2.05, 4.69) is 10.3 Å². The molecule has 0 aliphatic heterocycles. The van der Waals surface area contributed by atoms with Crippen LogP contribution >= 0.6 is 11.6 Å². The summed E-state index contributed by atoms with van der Waals surface area (Å²) in [6.45, 7) is 1.93. The highest BCUT2D eigenvalue weighted by atomic mass is 35.5. The molecule has 0 aliphatic rings. The largest absolute Gasteiger partial charge is 0.496 e. The van der Waals surface area contributed by atoms with E-state index in [-0.39, 0.29) is 12.1 Å². The van der Waals surface area contributed by atoms with Crippen LogP contribution in [0.2, 0.25) is 5.02 Å². The van der Waals surface area contributed by atoms with Crippen LogP contribution in [0.1, 0.15) is 34.1 Å². The number of halogens is 1. The summed E-state index contributed by atoms with van der Waals surface area (Å²) in [6.07, 6.45) is -0.264. The third kappa shape index (κ3) is 5.36. The Kier molecular flexibility index (Phi) is 7.33. The zero-order valence-corrected chi connectivity index (χ0v) is 18.6. The first-order valence-electron chi connectivity index (χ1n) is 9.80. The van der Waals surface area contributed by atoms with Crippen LogP contribution in [0, 0.1) is 6.92 Å². The highest BCUT2D eigenvalue weighted by molar-refractivity contribution is 6.31. The standard InChI is InChI=1S/C24H23ClN2O5/c1-14-4-6-15(7-5-14)19(13-22(28)29)27-24(30)18-9-11-21(32-3)23(26-18)17-12-16(25)8-10-20(17)31-2/h4-12,19H,13H2,1-3H3,(H,27,30)(H,28,29). The lowest BCUT2D eigenvalue weighted by molar-refractivity contribution is -0.137. The summed E-state index contributed by atoms with van der Waals surface area (Å²) in [4.78, 5) is 28.9. The molecule has 0 saturated heterocycles. The second kappa shape index (κ2) is 10.2. The van der Waals surface area contributed by atoms with Crippen LogP contribution in [0.25, 0.3) is 11.3 Å². The summed E-state index contributed by atoms with van der Waals surface area (Å²) in [5, 5.41) is 12.6. The van der Waals surface area contributed by atoms with Crippen molar-refractivity contribution in [1.82, 2.24) is 10.3 Å². The monoisotopic (exact) mass is 454 g/mol. The van der Waals surface area contributed by atoms with Crippen molar-refractivity contribution >= 4 is 23.5 Å². The SMILES string of the molecule is COc1ccc(Cl)cc1-c1nc(C(=O)NC(CC(=O)O)c2ccc(C)cc2)ccc1OC. The number of aliphatic carboxylic acids is 1. The van der Waals surface area contributed by atoms with Crippen LogP contribution in [-0.2, 0) is 4.79 Å². The van der Waals surface area contributed by atoms with Crippen molar-refractivity contribution in [1.29, 1.82) is 0 Å². The number of hydrogen-bond acceptors (Lipinski definition) is 5. The zero-order chi connectivity index (χ0) is 23.3. The molecule has 2 aromatic carbocycles. The Morgan fingerprint density at radius 3 is 2.31 bits per heavy atom. The quantitative estimate of drug-likeness (QED) is 0.513. The number of amides is 1. The molecule has 7 nitrogen and oxygen atoms in total. The van der Waals surface area contributed by atoms with Crippen LogP contribution in [0.4, 0.5) is 0 Å². The van der Waals surface area contributed by atoms with E-state index in [0.29, 0.717) is 33.3 Å². The number of carbonyl (C=O) groups is 2. The van der Waals surface area contributed by atoms with Gasteiger partial charge in [0.15, 0.2) is 0 Å². The van der Waals surface area contributed by atoms with Gasteiger partial charge in [0.05, 0.1) is 26.7 Å². The highest BCUT2D eigenvalue weighted by Crippen LogP contribution is 2.36. The zero-order valence-electron chi connectivity index (χ0n) is 17.9. The van der Waals surface area contributed by atoms with Crippen molar-refractivity contribution in [3.05, 3.63) is 76.4 Å². The molecule has 0 saturated carbocycles. The fourth-order valence-electron chi connectivity index (χ4n) is 3.25. The van der Waals surface area contributed by atoms with Crippen LogP contribution in [0.3, 0.4) is 0 Å². The number of carbonyl (C=O) groups excluding carboxylic acids is 1. The lowest BCUT2D eigenvalue weighted by Gasteiger charge is -2.18.